The van der Waals surface area contributed by atoms with Crippen molar-refractivity contribution < 1.29 is 0 Å². The molecule has 4 heteroatoms. The largest absolute Gasteiger partial charge is 0.303 e. The molecule has 0 fully saturated rings. The van der Waals surface area contributed by atoms with Crippen molar-refractivity contribution in [3.8, 4) is 0 Å². The number of rotatable bonds is 4. The molecule has 2 unspecified atom stereocenters. The van der Waals surface area contributed by atoms with Crippen molar-refractivity contribution in [2.45, 2.75) is 60.5 Å². The molecule has 0 aliphatic heterocycles. The van der Waals surface area contributed by atoms with Crippen LogP contribution in [0, 0.1) is 34.6 Å². The number of pyridine rings is 1. The molecule has 0 amide bonds. The highest BCUT2D eigenvalue weighted by Gasteiger charge is 2.18. The Bertz CT molecular complexity index is 622. The van der Waals surface area contributed by atoms with Crippen LogP contribution in [0.25, 0.3) is 0 Å². The summed E-state index contributed by atoms with van der Waals surface area (Å²) in [6.07, 6.45) is 0. The fourth-order valence-electron chi connectivity index (χ4n) is 3.17. The summed E-state index contributed by atoms with van der Waals surface area (Å²) in [4.78, 5) is 10.5. The van der Waals surface area contributed by atoms with Gasteiger partial charge in [0, 0.05) is 28.3 Å². The van der Waals surface area contributed by atoms with E-state index in [1.54, 1.807) is 11.3 Å². The van der Waals surface area contributed by atoms with Crippen molar-refractivity contribution in [3.63, 3.8) is 0 Å². The van der Waals surface area contributed by atoms with Crippen LogP contribution in [-0.2, 0) is 0 Å². The van der Waals surface area contributed by atoms with Gasteiger partial charge >= 0.3 is 0 Å². The Morgan fingerprint density at radius 2 is 1.62 bits per heavy atom. The van der Waals surface area contributed by atoms with Crippen LogP contribution < -0.4 is 5.32 Å². The summed E-state index contributed by atoms with van der Waals surface area (Å²) < 4.78 is 0. The molecule has 0 aromatic carbocycles. The molecule has 0 spiro atoms. The lowest BCUT2D eigenvalue weighted by molar-refractivity contribution is 0.493. The quantitative estimate of drug-likeness (QED) is 0.904. The fourth-order valence-corrected chi connectivity index (χ4v) is 4.11. The monoisotopic (exact) mass is 303 g/mol. The van der Waals surface area contributed by atoms with Gasteiger partial charge < -0.3 is 5.32 Å². The molecule has 2 atom stereocenters. The van der Waals surface area contributed by atoms with Gasteiger partial charge in [-0.05, 0) is 65.7 Å². The van der Waals surface area contributed by atoms with E-state index in [1.165, 1.54) is 16.0 Å². The Balaban J connectivity index is 2.22. The predicted molar refractivity (Wildman–Crippen MR) is 90.0 cm³/mol. The predicted octanol–water partition coefficient (Wildman–Crippen LogP) is 4.49. The van der Waals surface area contributed by atoms with E-state index in [2.05, 4.69) is 62.9 Å². The zero-order valence-electron chi connectivity index (χ0n) is 14.0. The highest BCUT2D eigenvalue weighted by Crippen LogP contribution is 2.28. The number of nitrogens with one attached hydrogen (secondary N) is 1. The van der Waals surface area contributed by atoms with E-state index < -0.39 is 0 Å². The average Bonchev–Trinajstić information content (AvgIpc) is 2.66. The molecule has 1 N–H and O–H groups in total. The Morgan fingerprint density at radius 3 is 2.14 bits per heavy atom. The third-order valence-corrected chi connectivity index (χ3v) is 5.11. The van der Waals surface area contributed by atoms with Gasteiger partial charge in [-0.1, -0.05) is 0 Å². The fraction of sp³-hybridized carbons (Fsp3) is 0.529. The first-order chi connectivity index (χ1) is 9.79. The molecule has 2 aromatic rings. The second-order valence-corrected chi connectivity index (χ2v) is 7.11. The van der Waals surface area contributed by atoms with Gasteiger partial charge in [0.15, 0.2) is 0 Å². The first-order valence-corrected chi connectivity index (χ1v) is 8.26. The minimum atomic E-state index is 0.273. The molecule has 0 aliphatic rings. The summed E-state index contributed by atoms with van der Waals surface area (Å²) in [5, 5.41) is 4.83. The Hall–Kier alpha value is -1.26. The Morgan fingerprint density at radius 1 is 0.952 bits per heavy atom. The van der Waals surface area contributed by atoms with Gasteiger partial charge in [0.2, 0.25) is 0 Å². The number of thiazole rings is 1. The van der Waals surface area contributed by atoms with Gasteiger partial charge in [0.25, 0.3) is 0 Å². The maximum Gasteiger partial charge on any atom is 0.0900 e. The van der Waals surface area contributed by atoms with E-state index in [0.29, 0.717) is 6.04 Å². The van der Waals surface area contributed by atoms with Gasteiger partial charge in [-0.15, -0.1) is 11.3 Å². The van der Waals surface area contributed by atoms with E-state index in [1.807, 2.05) is 6.92 Å². The minimum absolute atomic E-state index is 0.273. The molecule has 114 valence electrons. The van der Waals surface area contributed by atoms with Crippen LogP contribution in [0.4, 0.5) is 0 Å². The summed E-state index contributed by atoms with van der Waals surface area (Å²) in [5.74, 6) is 0. The van der Waals surface area contributed by atoms with Gasteiger partial charge in [-0.25, -0.2) is 4.98 Å². The van der Waals surface area contributed by atoms with Crippen molar-refractivity contribution in [2.75, 3.05) is 0 Å². The molecule has 21 heavy (non-hydrogen) atoms. The number of nitrogens with zero attached hydrogens (tertiary/aromatic N) is 2. The molecular formula is C17H25N3S. The molecule has 0 saturated carbocycles. The number of aryl methyl sites for hydroxylation is 5. The molecule has 3 nitrogen and oxygen atoms in total. The van der Waals surface area contributed by atoms with Crippen LogP contribution in [0.15, 0.2) is 6.07 Å². The van der Waals surface area contributed by atoms with Crippen molar-refractivity contribution >= 4 is 11.3 Å². The summed E-state index contributed by atoms with van der Waals surface area (Å²) in [7, 11) is 0. The molecular weight excluding hydrogens is 278 g/mol. The van der Waals surface area contributed by atoms with E-state index in [-0.39, 0.29) is 6.04 Å². The van der Waals surface area contributed by atoms with Crippen LogP contribution in [0.3, 0.4) is 0 Å². The van der Waals surface area contributed by atoms with Gasteiger partial charge in [0.1, 0.15) is 0 Å². The van der Waals surface area contributed by atoms with Gasteiger partial charge in [0.05, 0.1) is 10.7 Å². The van der Waals surface area contributed by atoms with Crippen LogP contribution in [-0.4, -0.2) is 9.97 Å². The van der Waals surface area contributed by atoms with Crippen molar-refractivity contribution in [1.82, 2.24) is 15.3 Å². The molecule has 2 heterocycles. The maximum absolute atomic E-state index is 4.61. The molecule has 2 rings (SSSR count). The topological polar surface area (TPSA) is 37.8 Å². The number of hydrogen-bond acceptors (Lipinski definition) is 4. The van der Waals surface area contributed by atoms with E-state index in [9.17, 15) is 0 Å². The smallest absolute Gasteiger partial charge is 0.0900 e. The minimum Gasteiger partial charge on any atom is -0.303 e. The van der Waals surface area contributed by atoms with E-state index in [0.717, 1.165) is 22.1 Å². The second kappa shape index (κ2) is 6.24. The second-order valence-electron chi connectivity index (χ2n) is 5.87. The standard InChI is InChI=1S/C17H25N3S/c1-9-8-10(2)18-11(3)16(9)12(4)19-13(5)17-14(6)20-15(7)21-17/h8,12-13,19H,1-7H3. The molecule has 2 aromatic heterocycles. The van der Waals surface area contributed by atoms with E-state index in [4.69, 9.17) is 0 Å². The normalized spacial score (nSPS) is 14.2. The van der Waals surface area contributed by atoms with Gasteiger partial charge in [-0.2, -0.15) is 0 Å². The molecule has 0 saturated heterocycles. The lowest BCUT2D eigenvalue weighted by atomic mass is 9.99. The summed E-state index contributed by atoms with van der Waals surface area (Å²) in [5.41, 5.74) is 5.97. The molecule has 0 bridgehead atoms. The summed E-state index contributed by atoms with van der Waals surface area (Å²) >= 11 is 1.78. The first kappa shape index (κ1) is 16.1. The van der Waals surface area contributed by atoms with Crippen molar-refractivity contribution in [3.05, 3.63) is 44.2 Å². The lowest BCUT2D eigenvalue weighted by Crippen LogP contribution is -2.24. The molecule has 0 radical (unpaired) electrons. The number of hydrogen-bond donors (Lipinski definition) is 1. The lowest BCUT2D eigenvalue weighted by Gasteiger charge is -2.23. The Kier molecular flexibility index (Phi) is 4.79. The number of aromatic nitrogens is 2. The van der Waals surface area contributed by atoms with Crippen LogP contribution in [0.1, 0.15) is 64.0 Å². The van der Waals surface area contributed by atoms with Crippen LogP contribution in [0.5, 0.6) is 0 Å². The van der Waals surface area contributed by atoms with Gasteiger partial charge in [-0.3, -0.25) is 4.98 Å². The SMILES string of the molecule is Cc1cc(C)c(C(C)NC(C)c2sc(C)nc2C)c(C)n1. The summed E-state index contributed by atoms with van der Waals surface area (Å²) in [6, 6.07) is 2.73. The third kappa shape index (κ3) is 3.50. The van der Waals surface area contributed by atoms with E-state index >= 15 is 0 Å². The van der Waals surface area contributed by atoms with Crippen molar-refractivity contribution in [2.24, 2.45) is 0 Å². The average molecular weight is 303 g/mol. The first-order valence-electron chi connectivity index (χ1n) is 7.44. The third-order valence-electron chi connectivity index (χ3n) is 3.85. The van der Waals surface area contributed by atoms with Crippen molar-refractivity contribution in [1.29, 1.82) is 0 Å². The maximum atomic E-state index is 4.61. The summed E-state index contributed by atoms with van der Waals surface area (Å²) in [6.45, 7) is 14.9. The highest BCUT2D eigenvalue weighted by molar-refractivity contribution is 7.11. The zero-order chi connectivity index (χ0) is 15.7. The van der Waals surface area contributed by atoms with Crippen LogP contribution in [0.2, 0.25) is 0 Å². The Labute approximate surface area is 131 Å². The zero-order valence-corrected chi connectivity index (χ0v) is 14.9. The van der Waals surface area contributed by atoms with Crippen LogP contribution >= 0.6 is 11.3 Å². The highest BCUT2D eigenvalue weighted by atomic mass is 32.1. The molecule has 0 aliphatic carbocycles.